The normalized spacial score (nSPS) is 11.7. The Bertz CT molecular complexity index is 1260. The first-order valence-corrected chi connectivity index (χ1v) is 9.29. The Balaban J connectivity index is 1.51. The fourth-order valence-corrected chi connectivity index (χ4v) is 3.60. The molecule has 0 aliphatic carbocycles. The SMILES string of the molecule is O=C(Cn1cc(C(F)(F)F)ccc1=O)Nc1nc(-c2c[nH]c3ccccc23)cs1. The number of aromatic nitrogens is 3. The van der Waals surface area contributed by atoms with Crippen LogP contribution in [0.2, 0.25) is 0 Å². The Morgan fingerprint density at radius 2 is 2.00 bits per heavy atom. The van der Waals surface area contributed by atoms with E-state index < -0.39 is 29.8 Å². The van der Waals surface area contributed by atoms with Crippen molar-refractivity contribution in [2.75, 3.05) is 5.32 Å². The number of aromatic amines is 1. The first-order chi connectivity index (χ1) is 13.8. The van der Waals surface area contributed by atoms with Crippen molar-refractivity contribution in [1.29, 1.82) is 0 Å². The van der Waals surface area contributed by atoms with Crippen LogP contribution in [0.4, 0.5) is 18.3 Å². The Morgan fingerprint density at radius 3 is 2.79 bits per heavy atom. The van der Waals surface area contributed by atoms with Gasteiger partial charge in [0.05, 0.1) is 11.3 Å². The van der Waals surface area contributed by atoms with Gasteiger partial charge in [-0.05, 0) is 12.1 Å². The van der Waals surface area contributed by atoms with Crippen LogP contribution in [0.25, 0.3) is 22.2 Å². The second-order valence-electron chi connectivity index (χ2n) is 6.22. The minimum atomic E-state index is -4.60. The number of hydrogen-bond donors (Lipinski definition) is 2. The number of carbonyl (C=O) groups excluding carboxylic acids is 1. The van der Waals surface area contributed by atoms with Crippen molar-refractivity contribution in [2.45, 2.75) is 12.7 Å². The van der Waals surface area contributed by atoms with Gasteiger partial charge in [-0.25, -0.2) is 4.98 Å². The lowest BCUT2D eigenvalue weighted by atomic mass is 10.1. The van der Waals surface area contributed by atoms with Crippen LogP contribution < -0.4 is 10.9 Å². The summed E-state index contributed by atoms with van der Waals surface area (Å²) in [6.45, 7) is -0.551. The van der Waals surface area contributed by atoms with Gasteiger partial charge in [0.25, 0.3) is 5.56 Å². The van der Waals surface area contributed by atoms with Crippen LogP contribution in [0.15, 0.2) is 59.0 Å². The van der Waals surface area contributed by atoms with Crippen LogP contribution >= 0.6 is 11.3 Å². The molecule has 4 aromatic rings. The Labute approximate surface area is 165 Å². The highest BCUT2D eigenvalue weighted by molar-refractivity contribution is 7.14. The maximum Gasteiger partial charge on any atom is 0.417 e. The van der Waals surface area contributed by atoms with Crippen LogP contribution in [0, 0.1) is 0 Å². The zero-order valence-electron chi connectivity index (χ0n) is 14.7. The summed E-state index contributed by atoms with van der Waals surface area (Å²) >= 11 is 1.18. The Kier molecular flexibility index (Phi) is 4.71. The van der Waals surface area contributed by atoms with Gasteiger partial charge in [0, 0.05) is 40.3 Å². The molecule has 0 saturated heterocycles. The molecule has 3 heterocycles. The van der Waals surface area contributed by atoms with Crippen molar-refractivity contribution in [3.63, 3.8) is 0 Å². The van der Waals surface area contributed by atoms with Gasteiger partial charge in [0.1, 0.15) is 6.54 Å². The fourth-order valence-electron chi connectivity index (χ4n) is 2.87. The number of pyridine rings is 1. The summed E-state index contributed by atoms with van der Waals surface area (Å²) in [4.78, 5) is 31.5. The van der Waals surface area contributed by atoms with Gasteiger partial charge in [0.15, 0.2) is 5.13 Å². The van der Waals surface area contributed by atoms with Crippen molar-refractivity contribution in [3.05, 3.63) is 70.1 Å². The zero-order valence-corrected chi connectivity index (χ0v) is 15.5. The number of benzene rings is 1. The largest absolute Gasteiger partial charge is 0.417 e. The third kappa shape index (κ3) is 3.92. The molecule has 0 fully saturated rings. The molecule has 0 spiro atoms. The van der Waals surface area contributed by atoms with E-state index in [1.54, 1.807) is 5.38 Å². The smallest absolute Gasteiger partial charge is 0.360 e. The Hall–Kier alpha value is -3.40. The van der Waals surface area contributed by atoms with Gasteiger partial charge >= 0.3 is 6.18 Å². The number of H-pyrrole nitrogens is 1. The van der Waals surface area contributed by atoms with Crippen LogP contribution in [-0.4, -0.2) is 20.4 Å². The number of nitrogens with zero attached hydrogens (tertiary/aromatic N) is 2. The lowest BCUT2D eigenvalue weighted by molar-refractivity contribution is -0.138. The molecule has 4 rings (SSSR count). The fraction of sp³-hybridized carbons (Fsp3) is 0.105. The predicted molar refractivity (Wildman–Crippen MR) is 104 cm³/mol. The van der Waals surface area contributed by atoms with E-state index >= 15 is 0 Å². The van der Waals surface area contributed by atoms with Gasteiger partial charge in [-0.3, -0.25) is 9.59 Å². The minimum absolute atomic E-state index is 0.287. The average Bonchev–Trinajstić information content (AvgIpc) is 3.29. The number of amides is 1. The quantitative estimate of drug-likeness (QED) is 0.524. The van der Waals surface area contributed by atoms with Crippen molar-refractivity contribution in [2.24, 2.45) is 0 Å². The van der Waals surface area contributed by atoms with E-state index in [2.05, 4.69) is 15.3 Å². The highest BCUT2D eigenvalue weighted by Crippen LogP contribution is 2.31. The molecule has 148 valence electrons. The summed E-state index contributed by atoms with van der Waals surface area (Å²) in [7, 11) is 0. The topological polar surface area (TPSA) is 79.8 Å². The molecule has 0 radical (unpaired) electrons. The van der Waals surface area contributed by atoms with E-state index in [1.807, 2.05) is 30.5 Å². The molecule has 0 atom stereocenters. The number of para-hydroxylation sites is 1. The predicted octanol–water partition coefficient (Wildman–Crippen LogP) is 4.11. The molecule has 0 saturated carbocycles. The molecular formula is C19H13F3N4O2S. The van der Waals surface area contributed by atoms with E-state index in [1.165, 1.54) is 11.3 Å². The number of alkyl halides is 3. The molecule has 1 amide bonds. The molecule has 3 aromatic heterocycles. The number of carbonyl (C=O) groups is 1. The zero-order chi connectivity index (χ0) is 20.6. The van der Waals surface area contributed by atoms with Gasteiger partial charge in [-0.1, -0.05) is 18.2 Å². The summed E-state index contributed by atoms with van der Waals surface area (Å²) in [5.41, 5.74) is 0.767. The molecule has 29 heavy (non-hydrogen) atoms. The number of halogens is 3. The van der Waals surface area contributed by atoms with E-state index in [0.717, 1.165) is 22.5 Å². The van der Waals surface area contributed by atoms with Crippen molar-refractivity contribution in [3.8, 4) is 11.3 Å². The number of nitrogens with one attached hydrogen (secondary N) is 2. The first-order valence-electron chi connectivity index (χ1n) is 8.41. The summed E-state index contributed by atoms with van der Waals surface area (Å²) in [5, 5.41) is 5.55. The van der Waals surface area contributed by atoms with Crippen molar-refractivity contribution < 1.29 is 18.0 Å². The first kappa shape index (κ1) is 18.9. The summed E-state index contributed by atoms with van der Waals surface area (Å²) in [6.07, 6.45) is -2.16. The van der Waals surface area contributed by atoms with E-state index in [4.69, 9.17) is 0 Å². The van der Waals surface area contributed by atoms with Gasteiger partial charge in [0.2, 0.25) is 5.91 Å². The molecule has 0 bridgehead atoms. The highest BCUT2D eigenvalue weighted by Gasteiger charge is 2.31. The second-order valence-corrected chi connectivity index (χ2v) is 7.07. The maximum absolute atomic E-state index is 12.8. The van der Waals surface area contributed by atoms with E-state index in [-0.39, 0.29) is 5.13 Å². The molecule has 0 unspecified atom stereocenters. The maximum atomic E-state index is 12.8. The third-order valence-corrected chi connectivity index (χ3v) is 5.00. The van der Waals surface area contributed by atoms with Crippen LogP contribution in [0.5, 0.6) is 0 Å². The summed E-state index contributed by atoms with van der Waals surface area (Å²) in [6, 6.07) is 9.16. The van der Waals surface area contributed by atoms with Crippen molar-refractivity contribution >= 4 is 33.3 Å². The number of fused-ring (bicyclic) bond motifs is 1. The molecule has 6 nitrogen and oxygen atoms in total. The van der Waals surface area contributed by atoms with Gasteiger partial charge < -0.3 is 14.9 Å². The lowest BCUT2D eigenvalue weighted by Gasteiger charge is -2.10. The molecule has 1 aromatic carbocycles. The summed E-state index contributed by atoms with van der Waals surface area (Å²) < 4.78 is 39.1. The van der Waals surface area contributed by atoms with Gasteiger partial charge in [-0.2, -0.15) is 13.2 Å². The Morgan fingerprint density at radius 1 is 1.21 bits per heavy atom. The van der Waals surface area contributed by atoms with Crippen LogP contribution in [0.3, 0.4) is 0 Å². The monoisotopic (exact) mass is 418 g/mol. The second kappa shape index (κ2) is 7.21. The van der Waals surface area contributed by atoms with Crippen molar-refractivity contribution in [1.82, 2.24) is 14.5 Å². The number of thiazole rings is 1. The third-order valence-electron chi connectivity index (χ3n) is 4.24. The molecule has 0 aliphatic heterocycles. The lowest BCUT2D eigenvalue weighted by Crippen LogP contribution is -2.28. The van der Waals surface area contributed by atoms with Crippen LogP contribution in [-0.2, 0) is 17.5 Å². The minimum Gasteiger partial charge on any atom is -0.360 e. The number of hydrogen-bond acceptors (Lipinski definition) is 4. The standard InChI is InChI=1S/C19H13F3N4O2S/c20-19(21,22)11-5-6-17(28)26(8-11)9-16(27)25-18-24-15(10-29-18)13-7-23-14-4-2-1-3-12(13)14/h1-8,10,23H,9H2,(H,24,25,27). The van der Waals surface area contributed by atoms with E-state index in [9.17, 15) is 22.8 Å². The molecule has 0 aliphatic rings. The number of rotatable bonds is 4. The highest BCUT2D eigenvalue weighted by atomic mass is 32.1. The van der Waals surface area contributed by atoms with Gasteiger partial charge in [-0.15, -0.1) is 11.3 Å². The molecule has 2 N–H and O–H groups in total. The molecular weight excluding hydrogens is 405 g/mol. The van der Waals surface area contributed by atoms with Crippen LogP contribution in [0.1, 0.15) is 5.56 Å². The number of anilines is 1. The molecule has 10 heteroatoms. The summed E-state index contributed by atoms with van der Waals surface area (Å²) in [5.74, 6) is -0.647. The average molecular weight is 418 g/mol. The van der Waals surface area contributed by atoms with E-state index in [0.29, 0.717) is 22.5 Å².